The number of ether oxygens (including phenoxy) is 2. The molecule has 1 unspecified atom stereocenters. The molecular formula is C30H25N5O7. The number of nitrogens with zero attached hydrogens (tertiary/aromatic N) is 4. The molecule has 2 aliphatic rings. The molecule has 0 aliphatic carbocycles. The van der Waals surface area contributed by atoms with Crippen molar-refractivity contribution in [1.29, 1.82) is 0 Å². The summed E-state index contributed by atoms with van der Waals surface area (Å²) in [7, 11) is 1.54. The third kappa shape index (κ3) is 5.00. The minimum Gasteiger partial charge on any atom is -0.497 e. The van der Waals surface area contributed by atoms with Gasteiger partial charge in [-0.2, -0.15) is 0 Å². The van der Waals surface area contributed by atoms with Gasteiger partial charge in [-0.05, 0) is 42.0 Å². The second-order valence-electron chi connectivity index (χ2n) is 9.52. The summed E-state index contributed by atoms with van der Waals surface area (Å²) in [6.45, 7) is -0.826. The van der Waals surface area contributed by atoms with Gasteiger partial charge in [-0.25, -0.2) is 14.7 Å². The number of amides is 4. The number of nitrogens with one attached hydrogen (secondary N) is 1. The first-order chi connectivity index (χ1) is 20.4. The Morgan fingerprint density at radius 3 is 2.36 bits per heavy atom. The first-order valence-corrected chi connectivity index (χ1v) is 13.0. The summed E-state index contributed by atoms with van der Waals surface area (Å²) in [4.78, 5) is 63.3. The summed E-state index contributed by atoms with van der Waals surface area (Å²) in [5, 5.41) is 2.73. The third-order valence-electron chi connectivity index (χ3n) is 6.92. The highest BCUT2D eigenvalue weighted by Gasteiger charge is 2.42. The van der Waals surface area contributed by atoms with Crippen molar-refractivity contribution in [2.24, 2.45) is 0 Å². The SMILES string of the molecule is COc1ccc(C2N(CON3C(=O)c4ccccc4C3=O)CC(=O)N2NC(=O)COc2cccc3cccnc23)cc1. The molecule has 3 heterocycles. The van der Waals surface area contributed by atoms with E-state index in [-0.39, 0.29) is 31.0 Å². The second kappa shape index (κ2) is 11.3. The van der Waals surface area contributed by atoms with Gasteiger partial charge in [-0.1, -0.05) is 42.5 Å². The van der Waals surface area contributed by atoms with Crippen molar-refractivity contribution < 1.29 is 33.5 Å². The maximum atomic E-state index is 13.2. The van der Waals surface area contributed by atoms with E-state index in [0.717, 1.165) is 5.39 Å². The first-order valence-electron chi connectivity index (χ1n) is 13.0. The minimum absolute atomic E-state index is 0.158. The van der Waals surface area contributed by atoms with Crippen LogP contribution in [0.5, 0.6) is 11.5 Å². The van der Waals surface area contributed by atoms with Crippen molar-refractivity contribution in [3.63, 3.8) is 0 Å². The lowest BCUT2D eigenvalue weighted by Crippen LogP contribution is -2.48. The molecule has 0 saturated carbocycles. The Labute approximate surface area is 239 Å². The van der Waals surface area contributed by atoms with Crippen molar-refractivity contribution in [3.8, 4) is 11.5 Å². The Morgan fingerprint density at radius 1 is 0.929 bits per heavy atom. The van der Waals surface area contributed by atoms with Gasteiger partial charge in [0.25, 0.3) is 23.6 Å². The van der Waals surface area contributed by atoms with Crippen LogP contribution in [0, 0.1) is 0 Å². The van der Waals surface area contributed by atoms with Crippen LogP contribution in [0.2, 0.25) is 0 Å². The number of hydrogen-bond acceptors (Lipinski definition) is 9. The number of hydrazine groups is 1. The Balaban J connectivity index is 1.18. The summed E-state index contributed by atoms with van der Waals surface area (Å²) in [5.41, 5.74) is 4.35. The molecule has 42 heavy (non-hydrogen) atoms. The monoisotopic (exact) mass is 567 g/mol. The molecule has 1 atom stereocenters. The van der Waals surface area contributed by atoms with Gasteiger partial charge in [0.2, 0.25) is 0 Å². The van der Waals surface area contributed by atoms with Gasteiger partial charge in [0, 0.05) is 11.6 Å². The molecule has 12 heteroatoms. The first kappa shape index (κ1) is 26.9. The van der Waals surface area contributed by atoms with Gasteiger partial charge < -0.3 is 9.47 Å². The predicted octanol–water partition coefficient (Wildman–Crippen LogP) is 2.68. The fourth-order valence-corrected chi connectivity index (χ4v) is 4.93. The number of rotatable bonds is 9. The molecule has 6 rings (SSSR count). The number of carbonyl (C=O) groups excluding carboxylic acids is 4. The molecule has 1 aromatic heterocycles. The maximum Gasteiger partial charge on any atom is 0.285 e. The Kier molecular flexibility index (Phi) is 7.21. The normalized spacial score (nSPS) is 16.7. The van der Waals surface area contributed by atoms with Crippen LogP contribution in [0.15, 0.2) is 85.1 Å². The van der Waals surface area contributed by atoms with Gasteiger partial charge in [0.15, 0.2) is 6.61 Å². The van der Waals surface area contributed by atoms with Crippen molar-refractivity contribution in [1.82, 2.24) is 25.4 Å². The quantitative estimate of drug-likeness (QED) is 0.303. The van der Waals surface area contributed by atoms with Crippen LogP contribution >= 0.6 is 0 Å². The highest BCUT2D eigenvalue weighted by atomic mass is 16.7. The largest absolute Gasteiger partial charge is 0.497 e. The van der Waals surface area contributed by atoms with Crippen LogP contribution in [0.25, 0.3) is 10.9 Å². The number of aromatic nitrogens is 1. The lowest BCUT2D eigenvalue weighted by molar-refractivity contribution is -0.146. The predicted molar refractivity (Wildman–Crippen MR) is 148 cm³/mol. The molecule has 2 aliphatic heterocycles. The molecule has 1 N–H and O–H groups in total. The fourth-order valence-electron chi connectivity index (χ4n) is 4.93. The molecule has 12 nitrogen and oxygen atoms in total. The number of imide groups is 1. The van der Waals surface area contributed by atoms with E-state index in [2.05, 4.69) is 10.4 Å². The van der Waals surface area contributed by atoms with Crippen LogP contribution in [-0.2, 0) is 14.4 Å². The number of fused-ring (bicyclic) bond motifs is 2. The van der Waals surface area contributed by atoms with Crippen molar-refractivity contribution >= 4 is 34.5 Å². The molecule has 1 saturated heterocycles. The van der Waals surface area contributed by atoms with Gasteiger partial charge in [-0.3, -0.25) is 29.6 Å². The molecular weight excluding hydrogens is 542 g/mol. The number of benzene rings is 3. The molecule has 0 spiro atoms. The van der Waals surface area contributed by atoms with Crippen molar-refractivity contribution in [3.05, 3.63) is 102 Å². The zero-order chi connectivity index (χ0) is 29.2. The van der Waals surface area contributed by atoms with Crippen molar-refractivity contribution in [2.75, 3.05) is 27.0 Å². The number of pyridine rings is 1. The number of carbonyl (C=O) groups is 4. The third-order valence-corrected chi connectivity index (χ3v) is 6.92. The number of hydroxylamine groups is 2. The van der Waals surface area contributed by atoms with Crippen LogP contribution in [-0.4, -0.2) is 70.6 Å². The summed E-state index contributed by atoms with van der Waals surface area (Å²) in [6.07, 6.45) is 0.817. The summed E-state index contributed by atoms with van der Waals surface area (Å²) in [5.74, 6) is -1.15. The topological polar surface area (TPSA) is 131 Å². The highest BCUT2D eigenvalue weighted by Crippen LogP contribution is 2.31. The van der Waals surface area contributed by atoms with Gasteiger partial charge in [0.05, 0.1) is 24.8 Å². The van der Waals surface area contributed by atoms with E-state index in [0.29, 0.717) is 27.6 Å². The molecule has 212 valence electrons. The van der Waals surface area contributed by atoms with E-state index in [9.17, 15) is 19.2 Å². The van der Waals surface area contributed by atoms with E-state index in [1.54, 1.807) is 77.8 Å². The van der Waals surface area contributed by atoms with E-state index in [4.69, 9.17) is 14.3 Å². The molecule has 0 radical (unpaired) electrons. The zero-order valence-electron chi connectivity index (χ0n) is 22.4. The van der Waals surface area contributed by atoms with Crippen LogP contribution in [0.1, 0.15) is 32.4 Å². The van der Waals surface area contributed by atoms with Gasteiger partial charge in [0.1, 0.15) is 29.9 Å². The molecule has 3 aromatic carbocycles. The standard InChI is InChI=1S/C30H25N5O7/c1-40-21-13-11-20(12-14-21)28-33(18-42-35-29(38)22-8-2-3-9-23(22)30(35)39)16-26(37)34(28)32-25(36)17-41-24-10-4-6-19-7-5-15-31-27(19)24/h2-15,28H,16-18H2,1H3,(H,32,36). The van der Waals surface area contributed by atoms with E-state index in [1.807, 2.05) is 12.1 Å². The molecule has 0 bridgehead atoms. The van der Waals surface area contributed by atoms with Gasteiger partial charge >= 0.3 is 0 Å². The fraction of sp³-hybridized carbons (Fsp3) is 0.167. The number of hydrogen-bond donors (Lipinski definition) is 1. The highest BCUT2D eigenvalue weighted by molar-refractivity contribution is 6.20. The lowest BCUT2D eigenvalue weighted by atomic mass is 10.1. The second-order valence-corrected chi connectivity index (χ2v) is 9.52. The lowest BCUT2D eigenvalue weighted by Gasteiger charge is -2.30. The summed E-state index contributed by atoms with van der Waals surface area (Å²) in [6, 6.07) is 22.4. The Bertz CT molecular complexity index is 1650. The molecule has 1 fully saturated rings. The smallest absolute Gasteiger partial charge is 0.285 e. The molecule has 4 amide bonds. The van der Waals surface area contributed by atoms with Crippen LogP contribution in [0.4, 0.5) is 0 Å². The average Bonchev–Trinajstić information content (AvgIpc) is 3.46. The number of para-hydroxylation sites is 1. The summed E-state index contributed by atoms with van der Waals surface area (Å²) >= 11 is 0. The minimum atomic E-state index is -0.818. The number of methoxy groups -OCH3 is 1. The van der Waals surface area contributed by atoms with E-state index < -0.39 is 29.8 Å². The van der Waals surface area contributed by atoms with E-state index >= 15 is 0 Å². The van der Waals surface area contributed by atoms with E-state index in [1.165, 1.54) is 12.1 Å². The molecule has 4 aromatic rings. The average molecular weight is 568 g/mol. The van der Waals surface area contributed by atoms with Gasteiger partial charge in [-0.15, -0.1) is 5.06 Å². The van der Waals surface area contributed by atoms with Crippen molar-refractivity contribution in [2.45, 2.75) is 6.17 Å². The van der Waals surface area contributed by atoms with Crippen LogP contribution < -0.4 is 14.9 Å². The summed E-state index contributed by atoms with van der Waals surface area (Å²) < 4.78 is 11.0. The maximum absolute atomic E-state index is 13.2. The Morgan fingerprint density at radius 2 is 1.64 bits per heavy atom. The Hall–Kier alpha value is -5.33. The van der Waals surface area contributed by atoms with Crippen LogP contribution in [0.3, 0.4) is 0 Å². The zero-order valence-corrected chi connectivity index (χ0v) is 22.4.